The number of anilines is 1. The van der Waals surface area contributed by atoms with Crippen LogP contribution in [0.15, 0.2) is 18.2 Å². The number of benzene rings is 1. The highest BCUT2D eigenvalue weighted by atomic mass is 19.1. The zero-order chi connectivity index (χ0) is 12.3. The zero-order valence-electron chi connectivity index (χ0n) is 10.0. The van der Waals surface area contributed by atoms with Crippen LogP contribution >= 0.6 is 0 Å². The molecular formula is C13H18F2N2. The molecule has 0 radical (unpaired) electrons. The average molecular weight is 240 g/mol. The molecule has 2 rings (SSSR count). The Morgan fingerprint density at radius 1 is 1.35 bits per heavy atom. The van der Waals surface area contributed by atoms with Crippen molar-refractivity contribution in [3.8, 4) is 0 Å². The van der Waals surface area contributed by atoms with Gasteiger partial charge in [-0.2, -0.15) is 0 Å². The Balaban J connectivity index is 2.11. The maximum absolute atomic E-state index is 13.6. The quantitative estimate of drug-likeness (QED) is 0.854. The normalized spacial score (nSPS) is 21.4. The number of hydrogen-bond donors (Lipinski definition) is 1. The van der Waals surface area contributed by atoms with Crippen LogP contribution in [-0.4, -0.2) is 25.7 Å². The molecule has 0 bridgehead atoms. The largest absolute Gasteiger partial charge is 0.368 e. The van der Waals surface area contributed by atoms with Crippen LogP contribution in [0.2, 0.25) is 0 Å². The van der Waals surface area contributed by atoms with E-state index in [9.17, 15) is 8.78 Å². The van der Waals surface area contributed by atoms with Gasteiger partial charge in [0.05, 0.1) is 5.69 Å². The fourth-order valence-electron chi connectivity index (χ4n) is 2.26. The third-order valence-corrected chi connectivity index (χ3v) is 3.31. The minimum atomic E-state index is -0.523. The highest BCUT2D eigenvalue weighted by molar-refractivity contribution is 5.48. The standard InChI is InChI=1S/C13H18F2N2/c1-2-11-5-7-17(8-6-16-11)13-4-3-10(14)9-12(13)15/h3-4,9,11,16H,2,5-8H2,1H3. The van der Waals surface area contributed by atoms with Crippen LogP contribution in [0.1, 0.15) is 19.8 Å². The van der Waals surface area contributed by atoms with E-state index in [0.717, 1.165) is 38.5 Å². The van der Waals surface area contributed by atoms with Gasteiger partial charge in [-0.05, 0) is 25.0 Å². The van der Waals surface area contributed by atoms with E-state index in [4.69, 9.17) is 0 Å². The molecule has 0 aliphatic carbocycles. The van der Waals surface area contributed by atoms with Gasteiger partial charge >= 0.3 is 0 Å². The summed E-state index contributed by atoms with van der Waals surface area (Å²) in [4.78, 5) is 1.98. The molecule has 1 aromatic rings. The number of halogens is 2. The van der Waals surface area contributed by atoms with Gasteiger partial charge in [0, 0.05) is 31.7 Å². The molecule has 1 aliphatic heterocycles. The molecule has 0 aromatic heterocycles. The molecule has 0 saturated carbocycles. The van der Waals surface area contributed by atoms with Crippen molar-refractivity contribution in [1.29, 1.82) is 0 Å². The minimum Gasteiger partial charge on any atom is -0.368 e. The van der Waals surface area contributed by atoms with Gasteiger partial charge in [-0.3, -0.25) is 0 Å². The van der Waals surface area contributed by atoms with E-state index >= 15 is 0 Å². The van der Waals surface area contributed by atoms with Gasteiger partial charge in [-0.25, -0.2) is 8.78 Å². The molecule has 1 aliphatic rings. The van der Waals surface area contributed by atoms with Gasteiger partial charge in [0.2, 0.25) is 0 Å². The summed E-state index contributed by atoms with van der Waals surface area (Å²) >= 11 is 0. The molecule has 1 atom stereocenters. The third-order valence-electron chi connectivity index (χ3n) is 3.31. The predicted octanol–water partition coefficient (Wildman–Crippen LogP) is 2.54. The topological polar surface area (TPSA) is 15.3 Å². The Bertz CT molecular complexity index is 382. The van der Waals surface area contributed by atoms with Crippen LogP contribution in [0.3, 0.4) is 0 Å². The SMILES string of the molecule is CCC1CCN(c2ccc(F)cc2F)CCN1. The van der Waals surface area contributed by atoms with Crippen LogP contribution in [0.5, 0.6) is 0 Å². The van der Waals surface area contributed by atoms with Crippen LogP contribution in [0.4, 0.5) is 14.5 Å². The molecule has 0 amide bonds. The first-order valence-corrected chi connectivity index (χ1v) is 6.14. The summed E-state index contributed by atoms with van der Waals surface area (Å²) in [7, 11) is 0. The molecule has 0 spiro atoms. The highest BCUT2D eigenvalue weighted by Crippen LogP contribution is 2.21. The van der Waals surface area contributed by atoms with E-state index in [1.807, 2.05) is 4.90 Å². The molecule has 94 valence electrons. The molecule has 4 heteroatoms. The monoisotopic (exact) mass is 240 g/mol. The van der Waals surface area contributed by atoms with E-state index in [1.165, 1.54) is 12.1 Å². The summed E-state index contributed by atoms with van der Waals surface area (Å²) in [5.41, 5.74) is 0.505. The molecule has 1 N–H and O–H groups in total. The highest BCUT2D eigenvalue weighted by Gasteiger charge is 2.17. The zero-order valence-corrected chi connectivity index (χ0v) is 10.0. The van der Waals surface area contributed by atoms with Gasteiger partial charge in [0.1, 0.15) is 11.6 Å². The Labute approximate surface area is 101 Å². The first-order valence-electron chi connectivity index (χ1n) is 6.14. The molecule has 1 fully saturated rings. The van der Waals surface area contributed by atoms with Crippen molar-refractivity contribution in [3.05, 3.63) is 29.8 Å². The smallest absolute Gasteiger partial charge is 0.149 e. The second-order valence-corrected chi connectivity index (χ2v) is 4.43. The van der Waals surface area contributed by atoms with Gasteiger partial charge in [-0.1, -0.05) is 6.92 Å². The first-order chi connectivity index (χ1) is 8.20. The summed E-state index contributed by atoms with van der Waals surface area (Å²) in [6.07, 6.45) is 2.08. The van der Waals surface area contributed by atoms with Gasteiger partial charge in [0.15, 0.2) is 0 Å². The fraction of sp³-hybridized carbons (Fsp3) is 0.538. The van der Waals surface area contributed by atoms with Crippen molar-refractivity contribution in [1.82, 2.24) is 5.32 Å². The predicted molar refractivity (Wildman–Crippen MR) is 65.3 cm³/mol. The molecule has 2 nitrogen and oxygen atoms in total. The Hall–Kier alpha value is -1.16. The number of nitrogens with one attached hydrogen (secondary N) is 1. The minimum absolute atomic E-state index is 0.472. The Kier molecular flexibility index (Phi) is 3.94. The van der Waals surface area contributed by atoms with Crippen molar-refractivity contribution < 1.29 is 8.78 Å². The molecule has 1 aromatic carbocycles. The first kappa shape index (κ1) is 12.3. The summed E-state index contributed by atoms with van der Waals surface area (Å²) in [5, 5.41) is 3.42. The maximum atomic E-state index is 13.6. The van der Waals surface area contributed by atoms with Crippen LogP contribution in [0.25, 0.3) is 0 Å². The van der Waals surface area contributed by atoms with Crippen molar-refractivity contribution in [2.45, 2.75) is 25.8 Å². The van der Waals surface area contributed by atoms with Crippen molar-refractivity contribution in [2.75, 3.05) is 24.5 Å². The van der Waals surface area contributed by atoms with Crippen LogP contribution < -0.4 is 10.2 Å². The summed E-state index contributed by atoms with van der Waals surface area (Å²) in [5.74, 6) is -0.995. The molecular weight excluding hydrogens is 222 g/mol. The molecule has 1 heterocycles. The Morgan fingerprint density at radius 2 is 2.18 bits per heavy atom. The second-order valence-electron chi connectivity index (χ2n) is 4.43. The van der Waals surface area contributed by atoms with Crippen molar-refractivity contribution >= 4 is 5.69 Å². The van der Waals surface area contributed by atoms with Crippen LogP contribution in [-0.2, 0) is 0 Å². The lowest BCUT2D eigenvalue weighted by Crippen LogP contribution is -2.30. The molecule has 17 heavy (non-hydrogen) atoms. The molecule has 1 saturated heterocycles. The third kappa shape index (κ3) is 2.94. The summed E-state index contributed by atoms with van der Waals surface area (Å²) in [6, 6.07) is 4.29. The Morgan fingerprint density at radius 3 is 2.88 bits per heavy atom. The van der Waals surface area contributed by atoms with E-state index in [2.05, 4.69) is 12.2 Å². The fourth-order valence-corrected chi connectivity index (χ4v) is 2.26. The lowest BCUT2D eigenvalue weighted by atomic mass is 10.1. The van der Waals surface area contributed by atoms with Crippen molar-refractivity contribution in [3.63, 3.8) is 0 Å². The van der Waals surface area contributed by atoms with Gasteiger partial charge < -0.3 is 10.2 Å². The maximum Gasteiger partial charge on any atom is 0.149 e. The summed E-state index contributed by atoms with van der Waals surface area (Å²) in [6.45, 7) is 4.56. The van der Waals surface area contributed by atoms with E-state index < -0.39 is 11.6 Å². The number of rotatable bonds is 2. The average Bonchev–Trinajstić information content (AvgIpc) is 2.54. The lowest BCUT2D eigenvalue weighted by molar-refractivity contribution is 0.509. The lowest BCUT2D eigenvalue weighted by Gasteiger charge is -2.22. The second kappa shape index (κ2) is 5.45. The van der Waals surface area contributed by atoms with E-state index in [-0.39, 0.29) is 0 Å². The number of nitrogens with zero attached hydrogens (tertiary/aromatic N) is 1. The van der Waals surface area contributed by atoms with Gasteiger partial charge in [0.25, 0.3) is 0 Å². The summed E-state index contributed by atoms with van der Waals surface area (Å²) < 4.78 is 26.5. The van der Waals surface area contributed by atoms with Gasteiger partial charge in [-0.15, -0.1) is 0 Å². The number of hydrogen-bond acceptors (Lipinski definition) is 2. The van der Waals surface area contributed by atoms with E-state index in [0.29, 0.717) is 11.7 Å². The van der Waals surface area contributed by atoms with Crippen molar-refractivity contribution in [2.24, 2.45) is 0 Å². The van der Waals surface area contributed by atoms with E-state index in [1.54, 1.807) is 0 Å². The van der Waals surface area contributed by atoms with Crippen LogP contribution in [0, 0.1) is 11.6 Å². The molecule has 1 unspecified atom stereocenters.